The summed E-state index contributed by atoms with van der Waals surface area (Å²) in [6.45, 7) is 7.13. The van der Waals surface area contributed by atoms with Crippen molar-refractivity contribution in [2.75, 3.05) is 6.54 Å². The van der Waals surface area contributed by atoms with Crippen LogP contribution in [0.1, 0.15) is 26.3 Å². The summed E-state index contributed by atoms with van der Waals surface area (Å²) < 4.78 is 31.8. The standard InChI is InChI=1S/C13H21NO4S/c1-9(2)18-13-6-5-12(7-10(13)3)19(16,17)14-8-11(4)15/h5-7,9,11,14-15H,8H2,1-4H3/t11-/m1/s1. The molecule has 2 N–H and O–H groups in total. The van der Waals surface area contributed by atoms with Crippen LogP contribution in [0.5, 0.6) is 5.75 Å². The Hall–Kier alpha value is -1.11. The minimum absolute atomic E-state index is 0.00831. The molecule has 0 saturated carbocycles. The summed E-state index contributed by atoms with van der Waals surface area (Å²) in [5.41, 5.74) is 0.758. The Kier molecular flexibility index (Phi) is 5.34. The summed E-state index contributed by atoms with van der Waals surface area (Å²) in [7, 11) is -3.59. The summed E-state index contributed by atoms with van der Waals surface area (Å²) in [5.74, 6) is 0.671. The van der Waals surface area contributed by atoms with E-state index in [2.05, 4.69) is 4.72 Å². The number of nitrogens with one attached hydrogen (secondary N) is 1. The summed E-state index contributed by atoms with van der Waals surface area (Å²) in [6, 6.07) is 4.70. The van der Waals surface area contributed by atoms with Gasteiger partial charge in [-0.2, -0.15) is 0 Å². The molecule has 19 heavy (non-hydrogen) atoms. The molecule has 0 spiro atoms. The van der Waals surface area contributed by atoms with Crippen LogP contribution in [-0.4, -0.2) is 32.3 Å². The Labute approximate surface area is 114 Å². The SMILES string of the molecule is Cc1cc(S(=O)(=O)NC[C@@H](C)O)ccc1OC(C)C. The van der Waals surface area contributed by atoms with Gasteiger partial charge < -0.3 is 9.84 Å². The Morgan fingerprint density at radius 3 is 2.42 bits per heavy atom. The lowest BCUT2D eigenvalue weighted by Gasteiger charge is -2.14. The summed E-state index contributed by atoms with van der Waals surface area (Å²) in [5, 5.41) is 9.11. The Morgan fingerprint density at radius 2 is 1.95 bits per heavy atom. The maximum absolute atomic E-state index is 12.0. The zero-order valence-electron chi connectivity index (χ0n) is 11.7. The second-order valence-corrected chi connectivity index (χ2v) is 6.56. The first-order valence-corrected chi connectivity index (χ1v) is 7.65. The van der Waals surface area contributed by atoms with E-state index < -0.39 is 16.1 Å². The molecule has 0 amide bonds. The lowest BCUT2D eigenvalue weighted by molar-refractivity contribution is 0.198. The van der Waals surface area contributed by atoms with Gasteiger partial charge in [0.05, 0.1) is 17.1 Å². The Morgan fingerprint density at radius 1 is 1.32 bits per heavy atom. The first-order valence-electron chi connectivity index (χ1n) is 6.17. The smallest absolute Gasteiger partial charge is 0.240 e. The van der Waals surface area contributed by atoms with Gasteiger partial charge in [0.25, 0.3) is 0 Å². The maximum atomic E-state index is 12.0. The summed E-state index contributed by atoms with van der Waals surface area (Å²) >= 11 is 0. The van der Waals surface area contributed by atoms with Gasteiger partial charge in [-0.05, 0) is 51.5 Å². The molecule has 0 aliphatic rings. The van der Waals surface area contributed by atoms with Crippen molar-refractivity contribution in [2.24, 2.45) is 0 Å². The van der Waals surface area contributed by atoms with Gasteiger partial charge in [0, 0.05) is 6.54 Å². The molecular weight excluding hydrogens is 266 g/mol. The number of hydrogen-bond acceptors (Lipinski definition) is 4. The molecule has 1 aromatic rings. The molecule has 0 bridgehead atoms. The Balaban J connectivity index is 2.94. The predicted octanol–water partition coefficient (Wildman–Crippen LogP) is 1.44. The summed E-state index contributed by atoms with van der Waals surface area (Å²) in [6.07, 6.45) is -0.686. The van der Waals surface area contributed by atoms with Crippen LogP contribution in [0.3, 0.4) is 0 Å². The van der Waals surface area contributed by atoms with Crippen LogP contribution in [0.4, 0.5) is 0 Å². The van der Waals surface area contributed by atoms with Crippen LogP contribution in [0, 0.1) is 6.92 Å². The number of aliphatic hydroxyl groups excluding tert-OH is 1. The van der Waals surface area contributed by atoms with Crippen LogP contribution >= 0.6 is 0 Å². The fraction of sp³-hybridized carbons (Fsp3) is 0.538. The quantitative estimate of drug-likeness (QED) is 0.830. The van der Waals surface area contributed by atoms with Gasteiger partial charge >= 0.3 is 0 Å². The molecule has 6 heteroatoms. The third-order valence-corrected chi connectivity index (χ3v) is 3.81. The van der Waals surface area contributed by atoms with E-state index in [0.29, 0.717) is 5.75 Å². The van der Waals surface area contributed by atoms with E-state index >= 15 is 0 Å². The van der Waals surface area contributed by atoms with Crippen LogP contribution in [0.2, 0.25) is 0 Å². The third-order valence-electron chi connectivity index (χ3n) is 2.39. The largest absolute Gasteiger partial charge is 0.491 e. The van der Waals surface area contributed by atoms with Crippen molar-refractivity contribution < 1.29 is 18.3 Å². The van der Waals surface area contributed by atoms with Crippen LogP contribution in [-0.2, 0) is 10.0 Å². The van der Waals surface area contributed by atoms with Gasteiger partial charge in [0.15, 0.2) is 0 Å². The first-order chi connectivity index (χ1) is 8.72. The average molecular weight is 287 g/mol. The molecular formula is C13H21NO4S. The fourth-order valence-electron chi connectivity index (χ4n) is 1.49. The highest BCUT2D eigenvalue weighted by atomic mass is 32.2. The predicted molar refractivity (Wildman–Crippen MR) is 73.8 cm³/mol. The van der Waals surface area contributed by atoms with Gasteiger partial charge in [-0.3, -0.25) is 0 Å². The highest BCUT2D eigenvalue weighted by molar-refractivity contribution is 7.89. The minimum Gasteiger partial charge on any atom is -0.491 e. The number of benzene rings is 1. The number of hydrogen-bond donors (Lipinski definition) is 2. The first kappa shape index (κ1) is 15.9. The van der Waals surface area contributed by atoms with Crippen LogP contribution in [0.15, 0.2) is 23.1 Å². The monoisotopic (exact) mass is 287 g/mol. The van der Waals surface area contributed by atoms with E-state index in [1.165, 1.54) is 13.0 Å². The van der Waals surface area contributed by atoms with Gasteiger partial charge in [-0.25, -0.2) is 13.1 Å². The zero-order chi connectivity index (χ0) is 14.6. The number of aliphatic hydroxyl groups is 1. The molecule has 0 aliphatic carbocycles. The second kappa shape index (κ2) is 6.36. The van der Waals surface area contributed by atoms with Crippen molar-refractivity contribution in [1.29, 1.82) is 0 Å². The van der Waals surface area contributed by atoms with E-state index in [4.69, 9.17) is 9.84 Å². The van der Waals surface area contributed by atoms with E-state index in [9.17, 15) is 8.42 Å². The van der Waals surface area contributed by atoms with E-state index in [1.54, 1.807) is 19.1 Å². The molecule has 0 unspecified atom stereocenters. The van der Waals surface area contributed by atoms with Gasteiger partial charge in [-0.15, -0.1) is 0 Å². The van der Waals surface area contributed by atoms with E-state index in [1.807, 2.05) is 13.8 Å². The van der Waals surface area contributed by atoms with E-state index in [0.717, 1.165) is 5.56 Å². The number of ether oxygens (including phenoxy) is 1. The van der Waals surface area contributed by atoms with Crippen molar-refractivity contribution in [1.82, 2.24) is 4.72 Å². The lowest BCUT2D eigenvalue weighted by atomic mass is 10.2. The molecule has 108 valence electrons. The topological polar surface area (TPSA) is 75.6 Å². The second-order valence-electron chi connectivity index (χ2n) is 4.79. The van der Waals surface area contributed by atoms with Crippen molar-refractivity contribution in [3.63, 3.8) is 0 Å². The number of aryl methyl sites for hydroxylation is 1. The zero-order valence-corrected chi connectivity index (χ0v) is 12.5. The van der Waals surface area contributed by atoms with Crippen molar-refractivity contribution >= 4 is 10.0 Å². The highest BCUT2D eigenvalue weighted by Crippen LogP contribution is 2.22. The number of rotatable bonds is 6. The van der Waals surface area contributed by atoms with Crippen LogP contribution in [0.25, 0.3) is 0 Å². The highest BCUT2D eigenvalue weighted by Gasteiger charge is 2.16. The molecule has 0 aliphatic heterocycles. The molecule has 0 saturated heterocycles. The molecule has 0 heterocycles. The molecule has 0 radical (unpaired) electrons. The van der Waals surface area contributed by atoms with Gasteiger partial charge in [0.2, 0.25) is 10.0 Å². The molecule has 1 aromatic carbocycles. The van der Waals surface area contributed by atoms with Crippen molar-refractivity contribution in [3.05, 3.63) is 23.8 Å². The summed E-state index contributed by atoms with van der Waals surface area (Å²) in [4.78, 5) is 0.168. The fourth-order valence-corrected chi connectivity index (χ4v) is 2.70. The normalized spacial score (nSPS) is 13.6. The molecule has 1 rings (SSSR count). The van der Waals surface area contributed by atoms with Gasteiger partial charge in [-0.1, -0.05) is 0 Å². The van der Waals surface area contributed by atoms with Crippen LogP contribution < -0.4 is 9.46 Å². The van der Waals surface area contributed by atoms with Gasteiger partial charge in [0.1, 0.15) is 5.75 Å². The Bertz CT molecular complexity index is 523. The number of sulfonamides is 1. The molecule has 0 fully saturated rings. The maximum Gasteiger partial charge on any atom is 0.240 e. The average Bonchev–Trinajstić information content (AvgIpc) is 2.28. The van der Waals surface area contributed by atoms with Crippen molar-refractivity contribution in [3.8, 4) is 5.75 Å². The van der Waals surface area contributed by atoms with Crippen molar-refractivity contribution in [2.45, 2.75) is 44.8 Å². The third kappa shape index (κ3) is 4.81. The minimum atomic E-state index is -3.59. The molecule has 5 nitrogen and oxygen atoms in total. The van der Waals surface area contributed by atoms with E-state index in [-0.39, 0.29) is 17.5 Å². The lowest BCUT2D eigenvalue weighted by Crippen LogP contribution is -2.30. The molecule has 1 atom stereocenters. The molecule has 0 aromatic heterocycles.